The zero-order chi connectivity index (χ0) is 17.8. The van der Waals surface area contributed by atoms with Crippen LogP contribution in [0.3, 0.4) is 0 Å². The van der Waals surface area contributed by atoms with Crippen molar-refractivity contribution in [3.05, 3.63) is 63.9 Å². The minimum absolute atomic E-state index is 0.0209. The number of rotatable bonds is 6. The second-order valence-electron chi connectivity index (χ2n) is 5.56. The van der Waals surface area contributed by atoms with Crippen LogP contribution in [0.25, 0.3) is 11.0 Å². The van der Waals surface area contributed by atoms with Crippen molar-refractivity contribution in [1.29, 1.82) is 0 Å². The number of methoxy groups -OCH3 is 1. The summed E-state index contributed by atoms with van der Waals surface area (Å²) in [7, 11) is 1.49. The zero-order valence-corrected chi connectivity index (χ0v) is 15.1. The van der Waals surface area contributed by atoms with Gasteiger partial charge >= 0.3 is 0 Å². The van der Waals surface area contributed by atoms with Gasteiger partial charge in [-0.3, -0.25) is 4.79 Å². The number of amides is 1. The molecule has 2 aromatic carbocycles. The summed E-state index contributed by atoms with van der Waals surface area (Å²) in [5.74, 6) is 0.576. The monoisotopic (exact) mass is 377 g/mol. The third-order valence-corrected chi connectivity index (χ3v) is 4.52. The number of carbonyl (C=O) groups excluding carboxylic acids is 1. The molecule has 0 aliphatic heterocycles. The highest BCUT2D eigenvalue weighted by Crippen LogP contribution is 2.24. The van der Waals surface area contributed by atoms with E-state index in [0.717, 1.165) is 22.4 Å². The van der Waals surface area contributed by atoms with Crippen molar-refractivity contribution in [2.45, 2.75) is 13.1 Å². The summed E-state index contributed by atoms with van der Waals surface area (Å²) in [5, 5.41) is 3.85. The van der Waals surface area contributed by atoms with Crippen molar-refractivity contribution in [1.82, 2.24) is 14.9 Å². The fraction of sp³-hybridized carbons (Fsp3) is 0.222. The van der Waals surface area contributed by atoms with E-state index in [0.29, 0.717) is 23.1 Å². The Hall–Kier alpha value is -2.08. The van der Waals surface area contributed by atoms with Crippen molar-refractivity contribution in [2.24, 2.45) is 0 Å². The number of imidazole rings is 1. The van der Waals surface area contributed by atoms with E-state index >= 15 is 0 Å². The number of carbonyl (C=O) groups is 1. The van der Waals surface area contributed by atoms with E-state index < -0.39 is 0 Å². The second-order valence-corrected chi connectivity index (χ2v) is 6.38. The highest BCUT2D eigenvalue weighted by Gasteiger charge is 2.12. The van der Waals surface area contributed by atoms with Gasteiger partial charge in [0.15, 0.2) is 0 Å². The van der Waals surface area contributed by atoms with Gasteiger partial charge in [0, 0.05) is 13.7 Å². The number of para-hydroxylation sites is 2. The molecule has 0 atom stereocenters. The van der Waals surface area contributed by atoms with E-state index in [9.17, 15) is 4.79 Å². The number of nitrogens with one attached hydrogen (secondary N) is 1. The number of ether oxygens (including phenoxy) is 1. The van der Waals surface area contributed by atoms with E-state index in [1.165, 1.54) is 7.11 Å². The lowest BCUT2D eigenvalue weighted by atomic mass is 10.2. The molecule has 25 heavy (non-hydrogen) atoms. The van der Waals surface area contributed by atoms with Gasteiger partial charge in [-0.25, -0.2) is 4.98 Å². The Kier molecular flexibility index (Phi) is 5.58. The summed E-state index contributed by atoms with van der Waals surface area (Å²) in [6, 6.07) is 13.4. The molecule has 0 aliphatic carbocycles. The molecule has 3 aromatic rings. The molecule has 1 amide bonds. The fourth-order valence-electron chi connectivity index (χ4n) is 2.62. The Labute approximate surface area is 155 Å². The topological polar surface area (TPSA) is 56.1 Å². The SMILES string of the molecule is COCC(=O)NCc1nc2ccccc2n1Cc1ccc(Cl)c(Cl)c1. The minimum atomic E-state index is -0.185. The highest BCUT2D eigenvalue weighted by atomic mass is 35.5. The van der Waals surface area contributed by atoms with E-state index in [2.05, 4.69) is 14.9 Å². The quantitative estimate of drug-likeness (QED) is 0.712. The number of fused-ring (bicyclic) bond motifs is 1. The number of nitrogens with zero attached hydrogens (tertiary/aromatic N) is 2. The van der Waals surface area contributed by atoms with Crippen LogP contribution in [0.5, 0.6) is 0 Å². The number of hydrogen-bond acceptors (Lipinski definition) is 3. The van der Waals surface area contributed by atoms with Crippen molar-refractivity contribution in [2.75, 3.05) is 13.7 Å². The van der Waals surface area contributed by atoms with Gasteiger partial charge in [-0.15, -0.1) is 0 Å². The maximum atomic E-state index is 11.7. The molecule has 0 bridgehead atoms. The molecule has 7 heteroatoms. The summed E-state index contributed by atoms with van der Waals surface area (Å²) in [4.78, 5) is 16.3. The van der Waals surface area contributed by atoms with Crippen LogP contribution < -0.4 is 5.32 Å². The van der Waals surface area contributed by atoms with Crippen LogP contribution in [0.1, 0.15) is 11.4 Å². The first kappa shape index (κ1) is 17.7. The van der Waals surface area contributed by atoms with Gasteiger partial charge in [0.2, 0.25) is 5.91 Å². The summed E-state index contributed by atoms with van der Waals surface area (Å²) < 4.78 is 6.89. The average Bonchev–Trinajstić information content (AvgIpc) is 2.94. The molecule has 0 radical (unpaired) electrons. The fourth-order valence-corrected chi connectivity index (χ4v) is 2.94. The van der Waals surface area contributed by atoms with Crippen molar-refractivity contribution >= 4 is 40.1 Å². The van der Waals surface area contributed by atoms with E-state index in [1.807, 2.05) is 36.4 Å². The molecule has 3 rings (SSSR count). The minimum Gasteiger partial charge on any atom is -0.375 e. The summed E-state index contributed by atoms with van der Waals surface area (Å²) in [5.41, 5.74) is 2.87. The predicted molar refractivity (Wildman–Crippen MR) is 99.0 cm³/mol. The van der Waals surface area contributed by atoms with Crippen molar-refractivity contribution in [3.63, 3.8) is 0 Å². The highest BCUT2D eigenvalue weighted by molar-refractivity contribution is 6.42. The first-order chi connectivity index (χ1) is 12.1. The average molecular weight is 378 g/mol. The van der Waals surface area contributed by atoms with Gasteiger partial charge in [0.1, 0.15) is 12.4 Å². The maximum absolute atomic E-state index is 11.7. The smallest absolute Gasteiger partial charge is 0.246 e. The van der Waals surface area contributed by atoms with Crippen molar-refractivity contribution in [3.8, 4) is 0 Å². The molecule has 1 heterocycles. The molecular formula is C18H17Cl2N3O2. The molecule has 0 unspecified atom stereocenters. The summed E-state index contributed by atoms with van der Waals surface area (Å²) in [6.07, 6.45) is 0. The lowest BCUT2D eigenvalue weighted by Crippen LogP contribution is -2.28. The van der Waals surface area contributed by atoms with Crippen LogP contribution >= 0.6 is 23.2 Å². The maximum Gasteiger partial charge on any atom is 0.246 e. The molecule has 130 valence electrons. The van der Waals surface area contributed by atoms with E-state index in [4.69, 9.17) is 27.9 Å². The number of halogens is 2. The Bertz CT molecular complexity index is 908. The normalized spacial score (nSPS) is 11.0. The van der Waals surface area contributed by atoms with Crippen LogP contribution in [-0.2, 0) is 22.6 Å². The first-order valence-corrected chi connectivity index (χ1v) is 8.48. The van der Waals surface area contributed by atoms with Gasteiger partial charge in [-0.1, -0.05) is 41.4 Å². The lowest BCUT2D eigenvalue weighted by Gasteiger charge is -2.11. The van der Waals surface area contributed by atoms with Crippen LogP contribution in [0.4, 0.5) is 0 Å². The van der Waals surface area contributed by atoms with Crippen LogP contribution in [0.15, 0.2) is 42.5 Å². The van der Waals surface area contributed by atoms with E-state index in [1.54, 1.807) is 6.07 Å². The van der Waals surface area contributed by atoms with Gasteiger partial charge in [-0.05, 0) is 29.8 Å². The van der Waals surface area contributed by atoms with Crippen LogP contribution in [0, 0.1) is 0 Å². The molecule has 0 aliphatic rings. The number of hydrogen-bond donors (Lipinski definition) is 1. The Morgan fingerprint density at radius 1 is 1.20 bits per heavy atom. The number of aromatic nitrogens is 2. The third-order valence-electron chi connectivity index (χ3n) is 3.78. The van der Waals surface area contributed by atoms with Gasteiger partial charge < -0.3 is 14.6 Å². The molecule has 5 nitrogen and oxygen atoms in total. The predicted octanol–water partition coefficient (Wildman–Crippen LogP) is 3.65. The molecule has 0 saturated carbocycles. The zero-order valence-electron chi connectivity index (χ0n) is 13.6. The largest absolute Gasteiger partial charge is 0.375 e. The molecule has 1 aromatic heterocycles. The van der Waals surface area contributed by atoms with Gasteiger partial charge in [0.05, 0.1) is 27.6 Å². The number of benzene rings is 2. The first-order valence-electron chi connectivity index (χ1n) is 7.72. The summed E-state index contributed by atoms with van der Waals surface area (Å²) in [6.45, 7) is 0.915. The molecule has 0 saturated heterocycles. The standard InChI is InChI=1S/C18H17Cl2N3O2/c1-25-11-18(24)21-9-17-22-15-4-2-3-5-16(15)23(17)10-12-6-7-13(19)14(20)8-12/h2-8H,9-11H2,1H3,(H,21,24). The lowest BCUT2D eigenvalue weighted by molar-refractivity contribution is -0.124. The Balaban J connectivity index is 1.92. The van der Waals surface area contributed by atoms with Crippen LogP contribution in [-0.4, -0.2) is 29.2 Å². The molecular weight excluding hydrogens is 361 g/mol. The second kappa shape index (κ2) is 7.87. The Morgan fingerprint density at radius 3 is 2.76 bits per heavy atom. The third kappa shape index (κ3) is 4.12. The molecule has 0 fully saturated rings. The summed E-state index contributed by atoms with van der Waals surface area (Å²) >= 11 is 12.1. The van der Waals surface area contributed by atoms with Crippen molar-refractivity contribution < 1.29 is 9.53 Å². The molecule has 0 spiro atoms. The van der Waals surface area contributed by atoms with Gasteiger partial charge in [0.25, 0.3) is 0 Å². The Morgan fingerprint density at radius 2 is 2.00 bits per heavy atom. The van der Waals surface area contributed by atoms with Gasteiger partial charge in [-0.2, -0.15) is 0 Å². The molecule has 1 N–H and O–H groups in total. The van der Waals surface area contributed by atoms with E-state index in [-0.39, 0.29) is 12.5 Å². The van der Waals surface area contributed by atoms with Crippen LogP contribution in [0.2, 0.25) is 10.0 Å².